The molecule has 0 unspecified atom stereocenters. The Morgan fingerprint density at radius 1 is 1.14 bits per heavy atom. The maximum atomic E-state index is 14.2. The van der Waals surface area contributed by atoms with Crippen LogP contribution in [0, 0.1) is 11.6 Å². The van der Waals surface area contributed by atoms with Gasteiger partial charge < -0.3 is 10.2 Å². The minimum Gasteiger partial charge on any atom is -0.345 e. The van der Waals surface area contributed by atoms with Crippen molar-refractivity contribution in [3.63, 3.8) is 0 Å². The number of thiazole rings is 1. The minimum atomic E-state index is -1.33. The number of carbonyl (C=O) groups excluding carboxylic acids is 2. The Balaban J connectivity index is 1.44. The van der Waals surface area contributed by atoms with E-state index in [9.17, 15) is 22.8 Å². The lowest BCUT2D eigenvalue weighted by atomic mass is 10.0. The maximum absolute atomic E-state index is 14.2. The number of hydrogen-bond acceptors (Lipinski definition) is 4. The van der Waals surface area contributed by atoms with E-state index >= 15 is 0 Å². The summed E-state index contributed by atoms with van der Waals surface area (Å²) >= 11 is 1.37. The van der Waals surface area contributed by atoms with Crippen LogP contribution in [0.1, 0.15) is 50.0 Å². The van der Waals surface area contributed by atoms with Gasteiger partial charge in [0, 0.05) is 29.4 Å². The number of fused-ring (bicyclic) bond motifs is 1. The number of benzene rings is 1. The molecule has 1 N–H and O–H groups in total. The molecule has 29 heavy (non-hydrogen) atoms. The molecule has 2 amide bonds. The van der Waals surface area contributed by atoms with Crippen LogP contribution in [0.2, 0.25) is 0 Å². The summed E-state index contributed by atoms with van der Waals surface area (Å²) in [7, 11) is 0. The zero-order valence-corrected chi connectivity index (χ0v) is 16.4. The molecule has 2 heterocycles. The molecule has 0 saturated carbocycles. The molecule has 1 aromatic carbocycles. The second-order valence-corrected chi connectivity index (χ2v) is 8.52. The Kier molecular flexibility index (Phi) is 5.58. The topological polar surface area (TPSA) is 62.3 Å². The first-order chi connectivity index (χ1) is 13.9. The van der Waals surface area contributed by atoms with E-state index in [-0.39, 0.29) is 31.0 Å². The quantitative estimate of drug-likeness (QED) is 0.824. The molecule has 9 heteroatoms. The van der Waals surface area contributed by atoms with Crippen molar-refractivity contribution in [1.29, 1.82) is 0 Å². The number of carbonyl (C=O) groups is 2. The summed E-state index contributed by atoms with van der Waals surface area (Å²) in [5.41, 5.74) is 0.907. The first kappa shape index (κ1) is 19.9. The van der Waals surface area contributed by atoms with Gasteiger partial charge in [-0.15, -0.1) is 11.3 Å². The summed E-state index contributed by atoms with van der Waals surface area (Å²) in [4.78, 5) is 31.9. The van der Waals surface area contributed by atoms with Gasteiger partial charge in [0.1, 0.15) is 6.17 Å². The lowest BCUT2D eigenvalue weighted by molar-refractivity contribution is 0.0561. The van der Waals surface area contributed by atoms with E-state index in [1.165, 1.54) is 16.2 Å². The van der Waals surface area contributed by atoms with Crippen LogP contribution in [-0.4, -0.2) is 47.0 Å². The van der Waals surface area contributed by atoms with Gasteiger partial charge in [0.15, 0.2) is 16.6 Å². The van der Waals surface area contributed by atoms with Crippen molar-refractivity contribution in [2.24, 2.45) is 0 Å². The third-order valence-corrected chi connectivity index (χ3v) is 6.38. The Bertz CT molecular complexity index is 926. The molecule has 4 rings (SSSR count). The normalized spacial score (nSPS) is 21.6. The van der Waals surface area contributed by atoms with E-state index in [1.807, 2.05) is 0 Å². The van der Waals surface area contributed by atoms with E-state index in [0.717, 1.165) is 54.5 Å². The maximum Gasteiger partial charge on any atom is 0.280 e. The van der Waals surface area contributed by atoms with Crippen LogP contribution in [0.15, 0.2) is 18.2 Å². The highest BCUT2D eigenvalue weighted by Crippen LogP contribution is 2.27. The largest absolute Gasteiger partial charge is 0.345 e. The number of piperidine rings is 1. The van der Waals surface area contributed by atoms with Crippen LogP contribution < -0.4 is 5.32 Å². The number of amides is 2. The van der Waals surface area contributed by atoms with E-state index in [1.54, 1.807) is 0 Å². The monoisotopic (exact) mass is 423 g/mol. The fourth-order valence-electron chi connectivity index (χ4n) is 3.82. The predicted molar refractivity (Wildman–Crippen MR) is 102 cm³/mol. The van der Waals surface area contributed by atoms with Crippen LogP contribution in [0.4, 0.5) is 13.2 Å². The Hall–Kier alpha value is -2.42. The minimum absolute atomic E-state index is 0.0596. The van der Waals surface area contributed by atoms with Crippen LogP contribution >= 0.6 is 11.3 Å². The Morgan fingerprint density at radius 2 is 1.93 bits per heavy atom. The number of aryl methyl sites for hydroxylation is 2. The molecule has 0 bridgehead atoms. The van der Waals surface area contributed by atoms with Crippen LogP contribution in [0.5, 0.6) is 0 Å². The third kappa shape index (κ3) is 4.29. The number of rotatable bonds is 3. The van der Waals surface area contributed by atoms with E-state index in [2.05, 4.69) is 10.3 Å². The highest BCUT2D eigenvalue weighted by molar-refractivity contribution is 7.13. The van der Waals surface area contributed by atoms with Crippen LogP contribution in [0.3, 0.4) is 0 Å². The number of halogens is 3. The summed E-state index contributed by atoms with van der Waals surface area (Å²) in [6.07, 6.45) is 2.69. The smallest absolute Gasteiger partial charge is 0.280 e. The summed E-state index contributed by atoms with van der Waals surface area (Å²) in [5.74, 6) is -3.17. The SMILES string of the molecule is O=C(N[C@H]1C[C@@H](F)CN(C(=O)c2ccc(F)c(F)c2)C1)c1nc2c(s1)CCCC2. The number of hydrogen-bond donors (Lipinski definition) is 1. The lowest BCUT2D eigenvalue weighted by Gasteiger charge is -2.35. The van der Waals surface area contributed by atoms with E-state index < -0.39 is 29.8 Å². The Morgan fingerprint density at radius 3 is 2.69 bits per heavy atom. The molecule has 1 aromatic heterocycles. The molecule has 2 aliphatic rings. The number of likely N-dealkylation sites (tertiary alicyclic amines) is 1. The van der Waals surface area contributed by atoms with Gasteiger partial charge in [0.05, 0.1) is 12.2 Å². The van der Waals surface area contributed by atoms with Gasteiger partial charge >= 0.3 is 0 Å². The van der Waals surface area contributed by atoms with Crippen molar-refractivity contribution in [2.75, 3.05) is 13.1 Å². The molecule has 1 aliphatic carbocycles. The van der Waals surface area contributed by atoms with Gasteiger partial charge in [-0.05, 0) is 43.9 Å². The average Bonchev–Trinajstić information content (AvgIpc) is 3.13. The molecular formula is C20H20F3N3O2S. The molecule has 1 aliphatic heterocycles. The summed E-state index contributed by atoms with van der Waals surface area (Å²) in [5, 5.41) is 3.13. The van der Waals surface area contributed by atoms with Gasteiger partial charge in [-0.1, -0.05) is 0 Å². The van der Waals surface area contributed by atoms with Crippen molar-refractivity contribution in [1.82, 2.24) is 15.2 Å². The standard InChI is InChI=1S/C20H20F3N3O2S/c21-12-8-13(24-18(27)19-25-16-3-1-2-4-17(16)29-19)10-26(9-12)20(28)11-5-6-14(22)15(23)7-11/h5-7,12-13H,1-4,8-10H2,(H,24,27)/t12-,13+/m1/s1. The number of alkyl halides is 1. The van der Waals surface area contributed by atoms with E-state index in [0.29, 0.717) is 5.01 Å². The van der Waals surface area contributed by atoms with Crippen molar-refractivity contribution in [3.8, 4) is 0 Å². The van der Waals surface area contributed by atoms with Gasteiger partial charge in [0.25, 0.3) is 11.8 Å². The summed E-state index contributed by atoms with van der Waals surface area (Å²) < 4.78 is 40.8. The van der Waals surface area contributed by atoms with Crippen molar-refractivity contribution in [3.05, 3.63) is 51.0 Å². The second-order valence-electron chi connectivity index (χ2n) is 7.44. The predicted octanol–water partition coefficient (Wildman–Crippen LogP) is 3.28. The fraction of sp³-hybridized carbons (Fsp3) is 0.450. The van der Waals surface area contributed by atoms with Crippen molar-refractivity contribution >= 4 is 23.2 Å². The summed E-state index contributed by atoms with van der Waals surface area (Å²) in [6.45, 7) is -0.0647. The molecule has 0 radical (unpaired) electrons. The summed E-state index contributed by atoms with van der Waals surface area (Å²) in [6, 6.07) is 2.24. The third-order valence-electron chi connectivity index (χ3n) is 5.23. The van der Waals surface area contributed by atoms with Crippen molar-refractivity contribution in [2.45, 2.75) is 44.3 Å². The molecule has 154 valence electrons. The number of nitrogens with zero attached hydrogens (tertiary/aromatic N) is 2. The molecule has 2 aromatic rings. The number of nitrogens with one attached hydrogen (secondary N) is 1. The van der Waals surface area contributed by atoms with Crippen molar-refractivity contribution < 1.29 is 22.8 Å². The molecule has 0 spiro atoms. The lowest BCUT2D eigenvalue weighted by Crippen LogP contribution is -2.53. The van der Waals surface area contributed by atoms with Crippen LogP contribution in [-0.2, 0) is 12.8 Å². The average molecular weight is 423 g/mol. The molecule has 1 fully saturated rings. The highest BCUT2D eigenvalue weighted by atomic mass is 32.1. The second kappa shape index (κ2) is 8.14. The molecular weight excluding hydrogens is 403 g/mol. The fourth-order valence-corrected chi connectivity index (χ4v) is 4.87. The number of aromatic nitrogens is 1. The first-order valence-electron chi connectivity index (χ1n) is 9.58. The molecule has 2 atom stereocenters. The Labute approximate surface area is 169 Å². The molecule has 1 saturated heterocycles. The first-order valence-corrected chi connectivity index (χ1v) is 10.4. The zero-order chi connectivity index (χ0) is 20.5. The van der Waals surface area contributed by atoms with Gasteiger partial charge in [0.2, 0.25) is 0 Å². The van der Waals surface area contributed by atoms with Gasteiger partial charge in [-0.25, -0.2) is 18.2 Å². The van der Waals surface area contributed by atoms with Crippen LogP contribution in [0.25, 0.3) is 0 Å². The molecule has 5 nitrogen and oxygen atoms in total. The highest BCUT2D eigenvalue weighted by Gasteiger charge is 2.32. The van der Waals surface area contributed by atoms with Gasteiger partial charge in [-0.2, -0.15) is 0 Å². The van der Waals surface area contributed by atoms with Gasteiger partial charge in [-0.3, -0.25) is 9.59 Å². The van der Waals surface area contributed by atoms with E-state index in [4.69, 9.17) is 0 Å². The zero-order valence-electron chi connectivity index (χ0n) is 15.6.